The average Bonchev–Trinajstić information content (AvgIpc) is 2.50. The number of ether oxygens (including phenoxy) is 2. The second-order valence-electron chi connectivity index (χ2n) is 10.9. The Balaban J connectivity index is 5.44. The van der Waals surface area contributed by atoms with E-state index in [2.05, 4.69) is 41.5 Å². The number of carbonyl (C=O) groups excluding carboxylic acids is 1. The van der Waals surface area contributed by atoms with Crippen LogP contribution in [0.25, 0.3) is 0 Å². The van der Waals surface area contributed by atoms with E-state index >= 15 is 0 Å². The van der Waals surface area contributed by atoms with E-state index in [0.717, 1.165) is 19.3 Å². The lowest BCUT2D eigenvalue weighted by Gasteiger charge is -2.46. The molecule has 0 amide bonds. The maximum absolute atomic E-state index is 13.2. The molecule has 0 saturated heterocycles. The highest BCUT2D eigenvalue weighted by molar-refractivity contribution is 5.77. The summed E-state index contributed by atoms with van der Waals surface area (Å²) in [5, 5.41) is 10.7. The fourth-order valence-corrected chi connectivity index (χ4v) is 3.13. The van der Waals surface area contributed by atoms with Crippen molar-refractivity contribution in [1.29, 1.82) is 0 Å². The fourth-order valence-electron chi connectivity index (χ4n) is 3.13. The summed E-state index contributed by atoms with van der Waals surface area (Å²) in [6, 6.07) is 0. The summed E-state index contributed by atoms with van der Waals surface area (Å²) < 4.78 is 11.5. The number of aliphatic hydroxyl groups is 1. The van der Waals surface area contributed by atoms with Gasteiger partial charge in [0.2, 0.25) is 0 Å². The minimum atomic E-state index is -1.53. The molecular formula is C23H46O4. The van der Waals surface area contributed by atoms with Crippen LogP contribution in [0.3, 0.4) is 0 Å². The predicted octanol–water partition coefficient (Wildman–Crippen LogP) is 5.96. The molecule has 1 N–H and O–H groups in total. The fraction of sp³-hybridized carbons (Fsp3) is 0.957. The van der Waals surface area contributed by atoms with Gasteiger partial charge in [-0.3, -0.25) is 4.79 Å². The molecule has 0 aliphatic heterocycles. The highest BCUT2D eigenvalue weighted by atomic mass is 16.7. The quantitative estimate of drug-likeness (QED) is 0.352. The van der Waals surface area contributed by atoms with Gasteiger partial charge in [-0.2, -0.15) is 0 Å². The maximum Gasteiger partial charge on any atom is 0.312 e. The lowest BCUT2D eigenvalue weighted by molar-refractivity contribution is -0.276. The molecule has 0 saturated carbocycles. The average molecular weight is 387 g/mol. The third-order valence-electron chi connectivity index (χ3n) is 6.96. The number of hydrogen-bond acceptors (Lipinski definition) is 4. The van der Waals surface area contributed by atoms with Crippen LogP contribution in [0, 0.1) is 22.2 Å². The Morgan fingerprint density at radius 1 is 0.926 bits per heavy atom. The molecule has 0 aromatic heterocycles. The molecule has 0 bridgehead atoms. The normalized spacial score (nSPS) is 18.1. The van der Waals surface area contributed by atoms with Crippen molar-refractivity contribution in [2.45, 2.75) is 114 Å². The smallest absolute Gasteiger partial charge is 0.312 e. The number of hydrogen-bond donors (Lipinski definition) is 1. The first-order valence-corrected chi connectivity index (χ1v) is 10.5. The van der Waals surface area contributed by atoms with Crippen molar-refractivity contribution in [3.05, 3.63) is 0 Å². The van der Waals surface area contributed by atoms with Gasteiger partial charge in [0.15, 0.2) is 5.79 Å². The van der Waals surface area contributed by atoms with Gasteiger partial charge in [-0.05, 0) is 57.3 Å². The minimum Gasteiger partial charge on any atom is -0.460 e. The van der Waals surface area contributed by atoms with Crippen molar-refractivity contribution < 1.29 is 19.4 Å². The van der Waals surface area contributed by atoms with Crippen molar-refractivity contribution >= 4 is 5.97 Å². The Morgan fingerprint density at radius 3 is 1.78 bits per heavy atom. The molecule has 0 aliphatic rings. The van der Waals surface area contributed by atoms with Crippen LogP contribution in [-0.4, -0.2) is 29.1 Å². The first-order valence-electron chi connectivity index (χ1n) is 10.5. The molecule has 4 nitrogen and oxygen atoms in total. The van der Waals surface area contributed by atoms with Crippen LogP contribution in [0.15, 0.2) is 0 Å². The number of esters is 1. The number of carbonyl (C=O) groups is 1. The van der Waals surface area contributed by atoms with Gasteiger partial charge in [0.25, 0.3) is 0 Å². The van der Waals surface area contributed by atoms with Crippen LogP contribution in [0.1, 0.15) is 102 Å². The van der Waals surface area contributed by atoms with Gasteiger partial charge in [-0.15, -0.1) is 0 Å². The summed E-state index contributed by atoms with van der Waals surface area (Å²) in [5.41, 5.74) is -1.36. The summed E-state index contributed by atoms with van der Waals surface area (Å²) >= 11 is 0. The molecule has 2 atom stereocenters. The monoisotopic (exact) mass is 386 g/mol. The van der Waals surface area contributed by atoms with Crippen molar-refractivity contribution in [2.75, 3.05) is 6.61 Å². The van der Waals surface area contributed by atoms with E-state index in [1.807, 2.05) is 34.6 Å². The molecule has 162 valence electrons. The topological polar surface area (TPSA) is 55.8 Å². The van der Waals surface area contributed by atoms with E-state index in [4.69, 9.17) is 9.47 Å². The summed E-state index contributed by atoms with van der Waals surface area (Å²) in [6.45, 7) is 24.2. The lowest BCUT2D eigenvalue weighted by Crippen LogP contribution is -2.49. The number of rotatable bonds is 11. The van der Waals surface area contributed by atoms with Gasteiger partial charge in [0, 0.05) is 0 Å². The lowest BCUT2D eigenvalue weighted by atomic mass is 9.58. The van der Waals surface area contributed by atoms with Crippen LogP contribution in [0.4, 0.5) is 0 Å². The van der Waals surface area contributed by atoms with E-state index in [0.29, 0.717) is 0 Å². The molecule has 0 rings (SSSR count). The van der Waals surface area contributed by atoms with Gasteiger partial charge >= 0.3 is 5.97 Å². The molecule has 2 unspecified atom stereocenters. The van der Waals surface area contributed by atoms with Crippen LogP contribution in [0.2, 0.25) is 0 Å². The zero-order valence-corrected chi connectivity index (χ0v) is 20.1. The van der Waals surface area contributed by atoms with Crippen molar-refractivity contribution in [2.24, 2.45) is 22.2 Å². The van der Waals surface area contributed by atoms with Crippen LogP contribution < -0.4 is 0 Å². The first kappa shape index (κ1) is 26.4. The van der Waals surface area contributed by atoms with Crippen molar-refractivity contribution in [3.63, 3.8) is 0 Å². The van der Waals surface area contributed by atoms with Crippen LogP contribution in [-0.2, 0) is 14.3 Å². The Labute approximate surface area is 168 Å². The molecular weight excluding hydrogens is 340 g/mol. The molecule has 4 heteroatoms. The highest BCUT2D eigenvalue weighted by Crippen LogP contribution is 2.50. The second-order valence-corrected chi connectivity index (χ2v) is 10.9. The SMILES string of the molecule is CCC(C)(C)CC(C)(C(=O)OCC(C)(O)OC(C)(C)C(C)C)C(C)(C)CC. The molecule has 0 aromatic rings. The summed E-state index contributed by atoms with van der Waals surface area (Å²) in [6.07, 6.45) is 2.58. The van der Waals surface area contributed by atoms with Gasteiger partial charge < -0.3 is 14.6 Å². The second kappa shape index (κ2) is 8.82. The largest absolute Gasteiger partial charge is 0.460 e. The van der Waals surface area contributed by atoms with Gasteiger partial charge in [-0.1, -0.05) is 61.8 Å². The van der Waals surface area contributed by atoms with E-state index < -0.39 is 16.8 Å². The van der Waals surface area contributed by atoms with E-state index in [1.165, 1.54) is 0 Å². The highest BCUT2D eigenvalue weighted by Gasteiger charge is 2.50. The molecule has 27 heavy (non-hydrogen) atoms. The molecule has 0 fully saturated rings. The Hall–Kier alpha value is -0.610. The minimum absolute atomic E-state index is 0.0266. The predicted molar refractivity (Wildman–Crippen MR) is 112 cm³/mol. The van der Waals surface area contributed by atoms with E-state index in [-0.39, 0.29) is 29.3 Å². The Morgan fingerprint density at radius 2 is 1.41 bits per heavy atom. The van der Waals surface area contributed by atoms with Gasteiger partial charge in [0.1, 0.15) is 6.61 Å². The summed E-state index contributed by atoms with van der Waals surface area (Å²) in [4.78, 5) is 13.2. The zero-order chi connectivity index (χ0) is 21.9. The van der Waals surface area contributed by atoms with E-state index in [1.54, 1.807) is 6.92 Å². The van der Waals surface area contributed by atoms with Gasteiger partial charge in [0.05, 0.1) is 11.0 Å². The third kappa shape index (κ3) is 7.05. The molecule has 0 aromatic carbocycles. The van der Waals surface area contributed by atoms with Crippen molar-refractivity contribution in [3.8, 4) is 0 Å². The third-order valence-corrected chi connectivity index (χ3v) is 6.96. The molecule has 0 heterocycles. The molecule has 0 radical (unpaired) electrons. The first-order chi connectivity index (χ1) is 11.9. The van der Waals surface area contributed by atoms with Crippen LogP contribution >= 0.6 is 0 Å². The van der Waals surface area contributed by atoms with Gasteiger partial charge in [-0.25, -0.2) is 0 Å². The molecule has 0 spiro atoms. The maximum atomic E-state index is 13.2. The van der Waals surface area contributed by atoms with E-state index in [9.17, 15) is 9.90 Å². The van der Waals surface area contributed by atoms with Crippen molar-refractivity contribution in [1.82, 2.24) is 0 Å². The summed E-state index contributed by atoms with van der Waals surface area (Å²) in [7, 11) is 0. The Bertz CT molecular complexity index is 489. The Kier molecular flexibility index (Phi) is 8.62. The standard InChI is InChI=1S/C23H46O4/c1-13-19(5,6)15-22(11,20(7,8)14-2)18(24)26-16-23(12,25)27-21(9,10)17(3)4/h17,25H,13-16H2,1-12H3. The molecule has 0 aliphatic carbocycles. The van der Waals surface area contributed by atoms with Crippen LogP contribution in [0.5, 0.6) is 0 Å². The summed E-state index contributed by atoms with van der Waals surface area (Å²) in [5.74, 6) is -1.57. The zero-order valence-electron chi connectivity index (χ0n) is 20.1.